The number of Topliss-reactive ketones (excluding diaryl/α,β-unsaturated/α-hetero) is 1. The number of piperazine rings is 1. The van der Waals surface area contributed by atoms with Gasteiger partial charge in [-0.3, -0.25) is 14.4 Å². The molecule has 6 heteroatoms. The van der Waals surface area contributed by atoms with E-state index in [1.807, 2.05) is 42.5 Å². The number of nitrogens with one attached hydrogen (secondary N) is 1. The standard InChI is InChI=1S/C23H27N3O3/c1-18-7-5-6-10-20(18)25-13-15-26(16-14-25)22(28)17-24-23(29)21(27)12-11-19-8-3-2-4-9-19/h2-10H,11-17H2,1H3,(H,24,29). The number of para-hydroxylation sites is 1. The molecule has 0 atom stereocenters. The molecule has 1 fully saturated rings. The number of ketones is 1. The van der Waals surface area contributed by atoms with Crippen molar-refractivity contribution >= 4 is 23.3 Å². The van der Waals surface area contributed by atoms with E-state index >= 15 is 0 Å². The van der Waals surface area contributed by atoms with Crippen LogP contribution in [-0.2, 0) is 20.8 Å². The van der Waals surface area contributed by atoms with Crippen LogP contribution in [-0.4, -0.2) is 55.2 Å². The first-order valence-corrected chi connectivity index (χ1v) is 9.98. The van der Waals surface area contributed by atoms with Crippen LogP contribution in [0, 0.1) is 6.92 Å². The molecule has 0 saturated carbocycles. The molecule has 1 heterocycles. The highest BCUT2D eigenvalue weighted by Gasteiger charge is 2.23. The number of hydrogen-bond acceptors (Lipinski definition) is 4. The Morgan fingerprint density at radius 3 is 2.24 bits per heavy atom. The van der Waals surface area contributed by atoms with Crippen LogP contribution in [0.25, 0.3) is 0 Å². The number of nitrogens with zero attached hydrogens (tertiary/aromatic N) is 2. The van der Waals surface area contributed by atoms with Crippen molar-refractivity contribution < 1.29 is 14.4 Å². The number of carbonyl (C=O) groups is 3. The van der Waals surface area contributed by atoms with E-state index in [4.69, 9.17) is 0 Å². The Labute approximate surface area is 171 Å². The molecule has 2 aromatic carbocycles. The number of amides is 2. The molecule has 29 heavy (non-hydrogen) atoms. The van der Waals surface area contributed by atoms with Crippen molar-refractivity contribution in [1.29, 1.82) is 0 Å². The lowest BCUT2D eigenvalue weighted by Gasteiger charge is -2.36. The Morgan fingerprint density at radius 2 is 1.55 bits per heavy atom. The topological polar surface area (TPSA) is 69.7 Å². The number of carbonyl (C=O) groups excluding carboxylic acids is 3. The second-order valence-corrected chi connectivity index (χ2v) is 7.25. The Morgan fingerprint density at radius 1 is 0.897 bits per heavy atom. The van der Waals surface area contributed by atoms with Gasteiger partial charge in [0, 0.05) is 38.3 Å². The van der Waals surface area contributed by atoms with Crippen LogP contribution in [0.5, 0.6) is 0 Å². The van der Waals surface area contributed by atoms with E-state index in [0.29, 0.717) is 19.5 Å². The zero-order chi connectivity index (χ0) is 20.6. The SMILES string of the molecule is Cc1ccccc1N1CCN(C(=O)CNC(=O)C(=O)CCc2ccccc2)CC1. The molecule has 0 spiro atoms. The van der Waals surface area contributed by atoms with Gasteiger partial charge in [0.05, 0.1) is 6.54 Å². The van der Waals surface area contributed by atoms with Crippen molar-refractivity contribution in [2.75, 3.05) is 37.6 Å². The van der Waals surface area contributed by atoms with Gasteiger partial charge in [0.25, 0.3) is 5.91 Å². The molecule has 2 amide bonds. The Bertz CT molecular complexity index is 859. The number of aryl methyl sites for hydroxylation is 2. The highest BCUT2D eigenvalue weighted by molar-refractivity contribution is 6.36. The van der Waals surface area contributed by atoms with Gasteiger partial charge in [-0.05, 0) is 30.5 Å². The molecular formula is C23H27N3O3. The zero-order valence-electron chi connectivity index (χ0n) is 16.8. The maximum absolute atomic E-state index is 12.4. The van der Waals surface area contributed by atoms with Gasteiger partial charge in [-0.2, -0.15) is 0 Å². The van der Waals surface area contributed by atoms with Crippen molar-refractivity contribution in [3.05, 3.63) is 65.7 Å². The number of hydrogen-bond donors (Lipinski definition) is 1. The monoisotopic (exact) mass is 393 g/mol. The summed E-state index contributed by atoms with van der Waals surface area (Å²) in [4.78, 5) is 40.4. The molecule has 2 aromatic rings. The molecule has 1 saturated heterocycles. The predicted molar refractivity (Wildman–Crippen MR) is 113 cm³/mol. The van der Waals surface area contributed by atoms with Gasteiger partial charge >= 0.3 is 0 Å². The summed E-state index contributed by atoms with van der Waals surface area (Å²) in [7, 11) is 0. The maximum atomic E-state index is 12.4. The summed E-state index contributed by atoms with van der Waals surface area (Å²) < 4.78 is 0. The van der Waals surface area contributed by atoms with Gasteiger partial charge in [-0.1, -0.05) is 48.5 Å². The van der Waals surface area contributed by atoms with E-state index in [1.165, 1.54) is 11.3 Å². The summed E-state index contributed by atoms with van der Waals surface area (Å²) in [6.45, 7) is 4.65. The van der Waals surface area contributed by atoms with Gasteiger partial charge in [0.1, 0.15) is 0 Å². The summed E-state index contributed by atoms with van der Waals surface area (Å²) in [5, 5.41) is 2.47. The van der Waals surface area contributed by atoms with E-state index in [9.17, 15) is 14.4 Å². The van der Waals surface area contributed by atoms with Gasteiger partial charge in [0.15, 0.2) is 0 Å². The molecule has 0 bridgehead atoms. The van der Waals surface area contributed by atoms with Gasteiger partial charge < -0.3 is 15.1 Å². The Hall–Kier alpha value is -3.15. The van der Waals surface area contributed by atoms with Gasteiger partial charge in [-0.15, -0.1) is 0 Å². The quantitative estimate of drug-likeness (QED) is 0.730. The maximum Gasteiger partial charge on any atom is 0.287 e. The van der Waals surface area contributed by atoms with Crippen LogP contribution in [0.3, 0.4) is 0 Å². The molecular weight excluding hydrogens is 366 g/mol. The van der Waals surface area contributed by atoms with Crippen molar-refractivity contribution in [1.82, 2.24) is 10.2 Å². The number of benzene rings is 2. The zero-order valence-corrected chi connectivity index (χ0v) is 16.8. The molecule has 1 N–H and O–H groups in total. The first-order chi connectivity index (χ1) is 14.0. The Balaban J connectivity index is 1.40. The number of anilines is 1. The van der Waals surface area contributed by atoms with E-state index in [1.54, 1.807) is 4.90 Å². The molecule has 1 aliphatic rings. The number of rotatable bonds is 7. The third-order valence-electron chi connectivity index (χ3n) is 5.23. The predicted octanol–water partition coefficient (Wildman–Crippen LogP) is 1.96. The molecule has 0 radical (unpaired) electrons. The summed E-state index contributed by atoms with van der Waals surface area (Å²) in [6, 6.07) is 17.8. The lowest BCUT2D eigenvalue weighted by molar-refractivity contribution is -0.139. The normalized spacial score (nSPS) is 13.8. The van der Waals surface area contributed by atoms with Crippen molar-refractivity contribution in [2.45, 2.75) is 19.8 Å². The van der Waals surface area contributed by atoms with E-state index < -0.39 is 11.7 Å². The van der Waals surface area contributed by atoms with E-state index in [0.717, 1.165) is 18.7 Å². The first kappa shape index (κ1) is 20.6. The van der Waals surface area contributed by atoms with E-state index in [-0.39, 0.29) is 18.9 Å². The van der Waals surface area contributed by atoms with Crippen LogP contribution in [0.15, 0.2) is 54.6 Å². The molecule has 0 aromatic heterocycles. The largest absolute Gasteiger partial charge is 0.368 e. The van der Waals surface area contributed by atoms with E-state index in [2.05, 4.69) is 29.3 Å². The van der Waals surface area contributed by atoms with Crippen LogP contribution in [0.1, 0.15) is 17.5 Å². The summed E-state index contributed by atoms with van der Waals surface area (Å²) in [5.41, 5.74) is 3.42. The first-order valence-electron chi connectivity index (χ1n) is 9.98. The van der Waals surface area contributed by atoms with Crippen molar-refractivity contribution in [2.24, 2.45) is 0 Å². The third kappa shape index (κ3) is 5.67. The molecule has 0 aliphatic carbocycles. The minimum absolute atomic E-state index is 0.138. The molecule has 152 valence electrons. The fourth-order valence-electron chi connectivity index (χ4n) is 3.50. The van der Waals surface area contributed by atoms with Crippen molar-refractivity contribution in [3.8, 4) is 0 Å². The average molecular weight is 393 g/mol. The van der Waals surface area contributed by atoms with Crippen LogP contribution in [0.4, 0.5) is 5.69 Å². The fraction of sp³-hybridized carbons (Fsp3) is 0.348. The lowest BCUT2D eigenvalue weighted by Crippen LogP contribution is -2.51. The second-order valence-electron chi connectivity index (χ2n) is 7.25. The van der Waals surface area contributed by atoms with Crippen LogP contribution in [0.2, 0.25) is 0 Å². The summed E-state index contributed by atoms with van der Waals surface area (Å²) >= 11 is 0. The Kier molecular flexibility index (Phi) is 7.00. The van der Waals surface area contributed by atoms with Gasteiger partial charge in [-0.25, -0.2) is 0 Å². The minimum atomic E-state index is -0.687. The molecule has 1 aliphatic heterocycles. The summed E-state index contributed by atoms with van der Waals surface area (Å²) in [5.74, 6) is -1.34. The fourth-order valence-corrected chi connectivity index (χ4v) is 3.50. The molecule has 0 unspecified atom stereocenters. The minimum Gasteiger partial charge on any atom is -0.368 e. The lowest BCUT2D eigenvalue weighted by atomic mass is 10.1. The highest BCUT2D eigenvalue weighted by atomic mass is 16.2. The van der Waals surface area contributed by atoms with Crippen molar-refractivity contribution in [3.63, 3.8) is 0 Å². The molecule has 3 rings (SSSR count). The van der Waals surface area contributed by atoms with Crippen LogP contribution >= 0.6 is 0 Å². The average Bonchev–Trinajstić information content (AvgIpc) is 2.76. The van der Waals surface area contributed by atoms with Crippen LogP contribution < -0.4 is 10.2 Å². The third-order valence-corrected chi connectivity index (χ3v) is 5.23. The second kappa shape index (κ2) is 9.87. The van der Waals surface area contributed by atoms with Gasteiger partial charge in [0.2, 0.25) is 11.7 Å². The summed E-state index contributed by atoms with van der Waals surface area (Å²) in [6.07, 6.45) is 0.654. The smallest absolute Gasteiger partial charge is 0.287 e. The molecule has 6 nitrogen and oxygen atoms in total. The highest BCUT2D eigenvalue weighted by Crippen LogP contribution is 2.20.